The van der Waals surface area contributed by atoms with E-state index in [1.54, 1.807) is 33.8 Å². The van der Waals surface area contributed by atoms with Crippen LogP contribution in [0.1, 0.15) is 47.0 Å². The van der Waals surface area contributed by atoms with E-state index in [-0.39, 0.29) is 11.9 Å². The maximum atomic E-state index is 12.5. The molecule has 0 saturated carbocycles. The van der Waals surface area contributed by atoms with E-state index in [0.717, 1.165) is 12.8 Å². The van der Waals surface area contributed by atoms with Crippen LogP contribution < -0.4 is 5.32 Å². The Bertz CT molecular complexity index is 496. The van der Waals surface area contributed by atoms with E-state index >= 15 is 0 Å². The van der Waals surface area contributed by atoms with Gasteiger partial charge in [-0.2, -0.15) is 0 Å². The number of amides is 2. The quantitative estimate of drug-likeness (QED) is 0.625. The zero-order chi connectivity index (χ0) is 18.3. The highest BCUT2D eigenvalue weighted by atomic mass is 16.6. The van der Waals surface area contributed by atoms with Crippen LogP contribution in [-0.4, -0.2) is 54.2 Å². The predicted molar refractivity (Wildman–Crippen MR) is 89.3 cm³/mol. The fourth-order valence-corrected chi connectivity index (χ4v) is 2.40. The van der Waals surface area contributed by atoms with Gasteiger partial charge in [-0.25, -0.2) is 9.59 Å². The standard InChI is InChI=1S/C17H28N2O5/c1-12(9-10-14(20)23-5)18-15(21)13-8-6-7-11-19(13)16(22)24-17(2,3)4/h9-10,12-13H,6-8,11H2,1-5H3,(H,18,21). The lowest BCUT2D eigenvalue weighted by atomic mass is 10.0. The molecule has 1 rings (SSSR count). The second-order valence-electron chi connectivity index (χ2n) is 6.86. The molecule has 7 nitrogen and oxygen atoms in total. The highest BCUT2D eigenvalue weighted by Gasteiger charge is 2.34. The van der Waals surface area contributed by atoms with Crippen LogP contribution in [0.3, 0.4) is 0 Å². The number of piperidine rings is 1. The number of hydrogen-bond donors (Lipinski definition) is 1. The Kier molecular flexibility index (Phi) is 7.25. The summed E-state index contributed by atoms with van der Waals surface area (Å²) in [6.45, 7) is 7.63. The summed E-state index contributed by atoms with van der Waals surface area (Å²) >= 11 is 0. The summed E-state index contributed by atoms with van der Waals surface area (Å²) < 4.78 is 9.90. The first-order valence-corrected chi connectivity index (χ1v) is 8.20. The van der Waals surface area contributed by atoms with Crippen molar-refractivity contribution in [3.8, 4) is 0 Å². The molecule has 2 atom stereocenters. The predicted octanol–water partition coefficient (Wildman–Crippen LogP) is 2.01. The third-order valence-corrected chi connectivity index (χ3v) is 3.53. The van der Waals surface area contributed by atoms with Gasteiger partial charge in [-0.3, -0.25) is 9.69 Å². The lowest BCUT2D eigenvalue weighted by Gasteiger charge is -2.36. The molecule has 1 fully saturated rings. The molecule has 0 radical (unpaired) electrons. The zero-order valence-electron chi connectivity index (χ0n) is 15.1. The van der Waals surface area contributed by atoms with Gasteiger partial charge in [0, 0.05) is 18.7 Å². The van der Waals surface area contributed by atoms with Crippen LogP contribution >= 0.6 is 0 Å². The van der Waals surface area contributed by atoms with Crippen molar-refractivity contribution in [3.63, 3.8) is 0 Å². The first-order chi connectivity index (χ1) is 11.1. The molecule has 1 heterocycles. The lowest BCUT2D eigenvalue weighted by Crippen LogP contribution is -2.54. The largest absolute Gasteiger partial charge is 0.466 e. The monoisotopic (exact) mass is 340 g/mol. The number of carbonyl (C=O) groups is 3. The third-order valence-electron chi connectivity index (χ3n) is 3.53. The summed E-state index contributed by atoms with van der Waals surface area (Å²) in [5.41, 5.74) is -0.605. The van der Waals surface area contributed by atoms with Crippen LogP contribution in [0, 0.1) is 0 Å². The van der Waals surface area contributed by atoms with E-state index in [9.17, 15) is 14.4 Å². The number of hydrogen-bond acceptors (Lipinski definition) is 5. The highest BCUT2D eigenvalue weighted by molar-refractivity contribution is 5.86. The molecule has 0 bridgehead atoms. The molecule has 1 saturated heterocycles. The minimum Gasteiger partial charge on any atom is -0.466 e. The normalized spacial score (nSPS) is 19.7. The van der Waals surface area contributed by atoms with Crippen molar-refractivity contribution in [2.45, 2.75) is 64.6 Å². The number of methoxy groups -OCH3 is 1. The van der Waals surface area contributed by atoms with E-state index in [4.69, 9.17) is 4.74 Å². The van der Waals surface area contributed by atoms with Crippen LogP contribution in [0.4, 0.5) is 4.79 Å². The van der Waals surface area contributed by atoms with Gasteiger partial charge in [-0.05, 0) is 47.0 Å². The lowest BCUT2D eigenvalue weighted by molar-refractivity contribution is -0.135. The highest BCUT2D eigenvalue weighted by Crippen LogP contribution is 2.20. The molecule has 0 aromatic rings. The summed E-state index contributed by atoms with van der Waals surface area (Å²) in [4.78, 5) is 37.4. The van der Waals surface area contributed by atoms with Crippen LogP contribution in [0.2, 0.25) is 0 Å². The van der Waals surface area contributed by atoms with Crippen LogP contribution in [0.5, 0.6) is 0 Å². The summed E-state index contributed by atoms with van der Waals surface area (Å²) in [5, 5.41) is 2.79. The van der Waals surface area contributed by atoms with Gasteiger partial charge in [0.05, 0.1) is 7.11 Å². The second kappa shape index (κ2) is 8.70. The first-order valence-electron chi connectivity index (χ1n) is 8.20. The van der Waals surface area contributed by atoms with Gasteiger partial charge in [0.25, 0.3) is 0 Å². The number of carbonyl (C=O) groups excluding carboxylic acids is 3. The fraction of sp³-hybridized carbons (Fsp3) is 0.706. The molecule has 0 aromatic heterocycles. The maximum absolute atomic E-state index is 12.5. The van der Waals surface area contributed by atoms with E-state index in [2.05, 4.69) is 10.1 Å². The fourth-order valence-electron chi connectivity index (χ4n) is 2.40. The van der Waals surface area contributed by atoms with Crippen molar-refractivity contribution in [2.24, 2.45) is 0 Å². The first kappa shape index (κ1) is 20.0. The summed E-state index contributed by atoms with van der Waals surface area (Å²) in [5.74, 6) is -0.730. The SMILES string of the molecule is COC(=O)C=CC(C)NC(=O)C1CCCCN1C(=O)OC(C)(C)C. The van der Waals surface area contributed by atoms with Crippen molar-refractivity contribution in [2.75, 3.05) is 13.7 Å². The van der Waals surface area contributed by atoms with Crippen LogP contribution in [0.15, 0.2) is 12.2 Å². The number of esters is 1. The number of nitrogens with zero attached hydrogens (tertiary/aromatic N) is 1. The molecule has 0 aromatic carbocycles. The van der Waals surface area contributed by atoms with Gasteiger partial charge in [-0.1, -0.05) is 6.08 Å². The molecule has 2 unspecified atom stereocenters. The van der Waals surface area contributed by atoms with Crippen LogP contribution in [0.25, 0.3) is 0 Å². The number of rotatable bonds is 4. The Morgan fingerprint density at radius 1 is 1.25 bits per heavy atom. The van der Waals surface area contributed by atoms with E-state index < -0.39 is 23.7 Å². The Hall–Kier alpha value is -2.05. The van der Waals surface area contributed by atoms with Crippen molar-refractivity contribution in [1.82, 2.24) is 10.2 Å². The van der Waals surface area contributed by atoms with Crippen LogP contribution in [-0.2, 0) is 19.1 Å². The van der Waals surface area contributed by atoms with Gasteiger partial charge >= 0.3 is 12.1 Å². The average molecular weight is 340 g/mol. The minimum absolute atomic E-state index is 0.248. The van der Waals surface area contributed by atoms with Crippen molar-refractivity contribution < 1.29 is 23.9 Å². The Morgan fingerprint density at radius 2 is 1.92 bits per heavy atom. The third kappa shape index (κ3) is 6.60. The Balaban J connectivity index is 2.70. The molecular formula is C17H28N2O5. The molecule has 2 amide bonds. The molecule has 0 aliphatic carbocycles. The molecule has 24 heavy (non-hydrogen) atoms. The van der Waals surface area contributed by atoms with Gasteiger partial charge in [0.2, 0.25) is 5.91 Å². The van der Waals surface area contributed by atoms with Crippen molar-refractivity contribution in [1.29, 1.82) is 0 Å². The van der Waals surface area contributed by atoms with Gasteiger partial charge in [0.1, 0.15) is 11.6 Å². The number of ether oxygens (including phenoxy) is 2. The van der Waals surface area contributed by atoms with Gasteiger partial charge in [-0.15, -0.1) is 0 Å². The molecule has 136 valence electrons. The topological polar surface area (TPSA) is 84.9 Å². The zero-order valence-corrected chi connectivity index (χ0v) is 15.1. The molecule has 7 heteroatoms. The average Bonchev–Trinajstić information content (AvgIpc) is 2.50. The number of likely N-dealkylation sites (tertiary alicyclic amines) is 1. The molecule has 1 aliphatic rings. The molecule has 1 aliphatic heterocycles. The molecular weight excluding hydrogens is 312 g/mol. The molecule has 0 spiro atoms. The van der Waals surface area contributed by atoms with Crippen molar-refractivity contribution >= 4 is 18.0 Å². The summed E-state index contributed by atoms with van der Waals surface area (Å²) in [7, 11) is 1.29. The number of nitrogens with one attached hydrogen (secondary N) is 1. The summed E-state index contributed by atoms with van der Waals surface area (Å²) in [6.07, 6.45) is 4.66. The maximum Gasteiger partial charge on any atom is 0.410 e. The Labute approximate surface area is 143 Å². The minimum atomic E-state index is -0.605. The second-order valence-corrected chi connectivity index (χ2v) is 6.86. The Morgan fingerprint density at radius 3 is 2.50 bits per heavy atom. The van der Waals surface area contributed by atoms with E-state index in [0.29, 0.717) is 13.0 Å². The van der Waals surface area contributed by atoms with Gasteiger partial charge in [0.15, 0.2) is 0 Å². The summed E-state index contributed by atoms with van der Waals surface area (Å²) in [6, 6.07) is -0.901. The smallest absolute Gasteiger partial charge is 0.410 e. The van der Waals surface area contributed by atoms with E-state index in [1.165, 1.54) is 18.1 Å². The van der Waals surface area contributed by atoms with Gasteiger partial charge < -0.3 is 14.8 Å². The van der Waals surface area contributed by atoms with Crippen molar-refractivity contribution in [3.05, 3.63) is 12.2 Å². The van der Waals surface area contributed by atoms with E-state index in [1.807, 2.05) is 0 Å². The molecule has 1 N–H and O–H groups in total.